The van der Waals surface area contributed by atoms with Crippen LogP contribution in [0.2, 0.25) is 10.0 Å². The van der Waals surface area contributed by atoms with Crippen LogP contribution in [0.4, 0.5) is 5.95 Å². The number of ether oxygens (including phenoxy) is 2. The molecule has 34 heavy (non-hydrogen) atoms. The molecule has 0 saturated heterocycles. The van der Waals surface area contributed by atoms with Crippen LogP contribution in [0, 0.1) is 0 Å². The van der Waals surface area contributed by atoms with E-state index in [1.165, 1.54) is 6.20 Å². The number of hydrogen-bond acceptors (Lipinski definition) is 8. The molecule has 0 saturated carbocycles. The molecule has 2 aromatic rings. The molecule has 1 N–H and O–H groups in total. The lowest BCUT2D eigenvalue weighted by molar-refractivity contribution is -0.159. The second kappa shape index (κ2) is 10.5. The standard InChI is InChI=1S/C24H26Cl2N4O4/c1-5-33-20(31)17-14-28-22(30-19(17)16-8-7-15(25)13-18(16)26)27-12-10-24(9-6-11-29-24)21(32)34-23(2,3)4/h6-9,11,13-14H,5,10,12H2,1-4H3,(H,27,28,30). The lowest BCUT2D eigenvalue weighted by Gasteiger charge is -2.28. The number of aliphatic imine (C=N–C) groups is 1. The van der Waals surface area contributed by atoms with Crippen molar-refractivity contribution in [2.75, 3.05) is 18.5 Å². The maximum absolute atomic E-state index is 12.8. The van der Waals surface area contributed by atoms with Crippen LogP contribution in [-0.4, -0.2) is 52.4 Å². The summed E-state index contributed by atoms with van der Waals surface area (Å²) in [6.45, 7) is 7.65. The zero-order chi connectivity index (χ0) is 24.9. The molecule has 1 aliphatic heterocycles. The van der Waals surface area contributed by atoms with Gasteiger partial charge in [-0.25, -0.2) is 19.6 Å². The van der Waals surface area contributed by atoms with Crippen molar-refractivity contribution in [3.63, 3.8) is 0 Å². The monoisotopic (exact) mass is 504 g/mol. The number of rotatable bonds is 8. The van der Waals surface area contributed by atoms with Gasteiger partial charge in [-0.1, -0.05) is 23.2 Å². The highest BCUT2D eigenvalue weighted by Gasteiger charge is 2.40. The SMILES string of the molecule is CCOC(=O)c1cnc(NCCC2(C(=O)OC(C)(C)C)C=CC=N2)nc1-c1ccc(Cl)cc1Cl. The summed E-state index contributed by atoms with van der Waals surface area (Å²) < 4.78 is 10.7. The minimum absolute atomic E-state index is 0.171. The fraction of sp³-hybridized carbons (Fsp3) is 0.375. The Morgan fingerprint density at radius 3 is 2.59 bits per heavy atom. The predicted octanol–water partition coefficient (Wildman–Crippen LogP) is 5.15. The molecule has 2 heterocycles. The van der Waals surface area contributed by atoms with Gasteiger partial charge in [-0.05, 0) is 58.0 Å². The van der Waals surface area contributed by atoms with Gasteiger partial charge in [0.1, 0.15) is 11.2 Å². The van der Waals surface area contributed by atoms with E-state index in [1.807, 2.05) is 20.8 Å². The third-order valence-corrected chi connectivity index (χ3v) is 5.32. The van der Waals surface area contributed by atoms with Crippen molar-refractivity contribution in [2.24, 2.45) is 4.99 Å². The molecule has 8 nitrogen and oxygen atoms in total. The van der Waals surface area contributed by atoms with Gasteiger partial charge in [0.05, 0.1) is 17.3 Å². The molecular weight excluding hydrogens is 479 g/mol. The summed E-state index contributed by atoms with van der Waals surface area (Å²) >= 11 is 12.4. The van der Waals surface area contributed by atoms with Gasteiger partial charge in [-0.15, -0.1) is 0 Å². The average molecular weight is 505 g/mol. The van der Waals surface area contributed by atoms with Crippen LogP contribution in [0.1, 0.15) is 44.5 Å². The zero-order valence-electron chi connectivity index (χ0n) is 19.4. The number of anilines is 1. The minimum atomic E-state index is -1.12. The largest absolute Gasteiger partial charge is 0.462 e. The first kappa shape index (κ1) is 25.6. The molecule has 0 amide bonds. The summed E-state index contributed by atoms with van der Waals surface area (Å²) in [5.41, 5.74) is -0.771. The van der Waals surface area contributed by atoms with Gasteiger partial charge >= 0.3 is 11.9 Å². The third kappa shape index (κ3) is 6.12. The van der Waals surface area contributed by atoms with Gasteiger partial charge in [-0.3, -0.25) is 4.99 Å². The molecule has 0 bridgehead atoms. The Kier molecular flexibility index (Phi) is 7.94. The molecule has 0 spiro atoms. The lowest BCUT2D eigenvalue weighted by Crippen LogP contribution is -2.41. The predicted molar refractivity (Wildman–Crippen MR) is 133 cm³/mol. The Balaban J connectivity index is 1.84. The smallest absolute Gasteiger partial charge is 0.341 e. The second-order valence-electron chi connectivity index (χ2n) is 8.54. The molecule has 1 aliphatic rings. The number of halogens is 2. The van der Waals surface area contributed by atoms with E-state index in [0.717, 1.165) is 0 Å². The maximum atomic E-state index is 12.8. The summed E-state index contributed by atoms with van der Waals surface area (Å²) in [6, 6.07) is 4.90. The van der Waals surface area contributed by atoms with Crippen molar-refractivity contribution in [1.82, 2.24) is 9.97 Å². The van der Waals surface area contributed by atoms with Gasteiger partial charge < -0.3 is 14.8 Å². The van der Waals surface area contributed by atoms with Crippen molar-refractivity contribution in [1.29, 1.82) is 0 Å². The van der Waals surface area contributed by atoms with Gasteiger partial charge in [-0.2, -0.15) is 0 Å². The van der Waals surface area contributed by atoms with E-state index in [9.17, 15) is 9.59 Å². The summed E-state index contributed by atoms with van der Waals surface area (Å²) in [7, 11) is 0. The molecule has 1 aromatic heterocycles. The van der Waals surface area contributed by atoms with E-state index < -0.39 is 23.1 Å². The Labute approximate surface area is 208 Å². The number of nitrogens with one attached hydrogen (secondary N) is 1. The van der Waals surface area contributed by atoms with E-state index in [0.29, 0.717) is 34.3 Å². The molecule has 0 radical (unpaired) electrons. The van der Waals surface area contributed by atoms with Crippen LogP contribution in [-0.2, 0) is 14.3 Å². The van der Waals surface area contributed by atoms with Crippen LogP contribution >= 0.6 is 23.2 Å². The van der Waals surface area contributed by atoms with Gasteiger partial charge in [0, 0.05) is 36.0 Å². The topological polar surface area (TPSA) is 103 Å². The van der Waals surface area contributed by atoms with Crippen molar-refractivity contribution in [2.45, 2.75) is 45.3 Å². The lowest BCUT2D eigenvalue weighted by atomic mass is 9.96. The molecule has 10 heteroatoms. The Bertz CT molecular complexity index is 1130. The third-order valence-electron chi connectivity index (χ3n) is 4.77. The first-order valence-corrected chi connectivity index (χ1v) is 11.5. The molecule has 1 unspecified atom stereocenters. The molecule has 1 aromatic carbocycles. The molecule has 0 fully saturated rings. The highest BCUT2D eigenvalue weighted by Crippen LogP contribution is 2.32. The summed E-state index contributed by atoms with van der Waals surface area (Å²) in [6.07, 6.45) is 6.70. The maximum Gasteiger partial charge on any atom is 0.341 e. The van der Waals surface area contributed by atoms with E-state index in [4.69, 9.17) is 32.7 Å². The number of hydrogen-bond donors (Lipinski definition) is 1. The number of esters is 2. The van der Waals surface area contributed by atoms with Crippen LogP contribution in [0.5, 0.6) is 0 Å². The van der Waals surface area contributed by atoms with Crippen molar-refractivity contribution < 1.29 is 19.1 Å². The molecule has 180 valence electrons. The fourth-order valence-corrected chi connectivity index (χ4v) is 3.73. The summed E-state index contributed by atoms with van der Waals surface area (Å²) in [5, 5.41) is 3.88. The minimum Gasteiger partial charge on any atom is -0.462 e. The van der Waals surface area contributed by atoms with Crippen molar-refractivity contribution >= 4 is 47.3 Å². The number of aromatic nitrogens is 2. The molecular formula is C24H26Cl2N4O4. The quantitative estimate of drug-likeness (QED) is 0.495. The number of allylic oxidation sites excluding steroid dienone is 1. The Morgan fingerprint density at radius 1 is 1.21 bits per heavy atom. The number of benzene rings is 1. The van der Waals surface area contributed by atoms with Gasteiger partial charge in [0.15, 0.2) is 5.54 Å². The van der Waals surface area contributed by atoms with Crippen LogP contribution in [0.15, 0.2) is 41.5 Å². The van der Waals surface area contributed by atoms with Crippen LogP contribution < -0.4 is 5.32 Å². The average Bonchev–Trinajstić information content (AvgIpc) is 3.23. The highest BCUT2D eigenvalue weighted by atomic mass is 35.5. The number of carbonyl (C=O) groups is 2. The van der Waals surface area contributed by atoms with Gasteiger partial charge in [0.25, 0.3) is 0 Å². The molecule has 0 aliphatic carbocycles. The van der Waals surface area contributed by atoms with Crippen molar-refractivity contribution in [3.05, 3.63) is 52.2 Å². The van der Waals surface area contributed by atoms with E-state index >= 15 is 0 Å². The summed E-state index contributed by atoms with van der Waals surface area (Å²) in [5.74, 6) is -0.747. The van der Waals surface area contributed by atoms with Crippen LogP contribution in [0.25, 0.3) is 11.3 Å². The fourth-order valence-electron chi connectivity index (χ4n) is 3.24. The first-order valence-electron chi connectivity index (χ1n) is 10.7. The molecule has 1 atom stereocenters. The number of carbonyl (C=O) groups excluding carboxylic acids is 2. The Morgan fingerprint density at radius 2 is 1.97 bits per heavy atom. The zero-order valence-corrected chi connectivity index (χ0v) is 20.9. The second-order valence-corrected chi connectivity index (χ2v) is 9.38. The van der Waals surface area contributed by atoms with E-state index in [2.05, 4.69) is 20.3 Å². The summed E-state index contributed by atoms with van der Waals surface area (Å²) in [4.78, 5) is 38.4. The molecule has 3 rings (SSSR count). The van der Waals surface area contributed by atoms with Crippen molar-refractivity contribution in [3.8, 4) is 11.3 Å². The number of nitrogens with zero attached hydrogens (tertiary/aromatic N) is 3. The first-order chi connectivity index (χ1) is 16.0. The Hall–Kier alpha value is -2.97. The normalized spacial score (nSPS) is 17.0. The van der Waals surface area contributed by atoms with Gasteiger partial charge in [0.2, 0.25) is 5.95 Å². The highest BCUT2D eigenvalue weighted by molar-refractivity contribution is 6.36. The van der Waals surface area contributed by atoms with Crippen LogP contribution in [0.3, 0.4) is 0 Å². The van der Waals surface area contributed by atoms with E-state index in [1.54, 1.807) is 43.5 Å². The van der Waals surface area contributed by atoms with E-state index in [-0.39, 0.29) is 18.1 Å².